The van der Waals surface area contributed by atoms with Crippen molar-refractivity contribution in [3.63, 3.8) is 0 Å². The molecule has 0 radical (unpaired) electrons. The zero-order chi connectivity index (χ0) is 24.4. The lowest BCUT2D eigenvalue weighted by atomic mass is 9.65. The van der Waals surface area contributed by atoms with Crippen LogP contribution in [0.3, 0.4) is 0 Å². The molecule has 0 N–H and O–H groups in total. The molecule has 3 aromatic carbocycles. The summed E-state index contributed by atoms with van der Waals surface area (Å²) in [5.74, 6) is 0. The highest BCUT2D eigenvalue weighted by atomic mass is 14.5. The Bertz CT molecular complexity index is 1400. The van der Waals surface area contributed by atoms with Gasteiger partial charge < -0.3 is 0 Å². The van der Waals surface area contributed by atoms with Gasteiger partial charge in [-0.2, -0.15) is 0 Å². The van der Waals surface area contributed by atoms with Crippen LogP contribution in [0.5, 0.6) is 0 Å². The van der Waals surface area contributed by atoms with Crippen LogP contribution in [0.2, 0.25) is 0 Å². The van der Waals surface area contributed by atoms with Gasteiger partial charge in [0.2, 0.25) is 0 Å². The summed E-state index contributed by atoms with van der Waals surface area (Å²) in [4.78, 5) is 0. The Hall–Kier alpha value is -3.90. The van der Waals surface area contributed by atoms with Crippen LogP contribution in [0.1, 0.15) is 41.7 Å². The van der Waals surface area contributed by atoms with E-state index in [1.165, 1.54) is 44.5 Å². The van der Waals surface area contributed by atoms with Crippen LogP contribution in [-0.2, 0) is 11.8 Å². The Morgan fingerprint density at radius 2 is 1.54 bits per heavy atom. The van der Waals surface area contributed by atoms with Gasteiger partial charge in [-0.25, -0.2) is 0 Å². The van der Waals surface area contributed by atoms with Crippen molar-refractivity contribution >= 4 is 0 Å². The van der Waals surface area contributed by atoms with E-state index in [0.29, 0.717) is 0 Å². The highest BCUT2D eigenvalue weighted by Gasteiger charge is 2.47. The van der Waals surface area contributed by atoms with Crippen molar-refractivity contribution in [1.29, 1.82) is 0 Å². The smallest absolute Gasteiger partial charge is 0.0710 e. The number of aryl methyl sites for hydroxylation is 1. The molecule has 2 aliphatic rings. The second-order valence-corrected chi connectivity index (χ2v) is 9.40. The monoisotopic (exact) mass is 452 g/mol. The van der Waals surface area contributed by atoms with E-state index in [9.17, 15) is 0 Å². The van der Waals surface area contributed by atoms with Gasteiger partial charge in [0, 0.05) is 0 Å². The van der Waals surface area contributed by atoms with Gasteiger partial charge in [0.25, 0.3) is 0 Å². The molecule has 3 aromatic rings. The van der Waals surface area contributed by atoms with Gasteiger partial charge in [-0.15, -0.1) is 0 Å². The summed E-state index contributed by atoms with van der Waals surface area (Å²) >= 11 is 0. The van der Waals surface area contributed by atoms with Gasteiger partial charge in [0.05, 0.1) is 5.41 Å². The molecule has 0 saturated heterocycles. The van der Waals surface area contributed by atoms with Crippen LogP contribution in [0.4, 0.5) is 0 Å². The van der Waals surface area contributed by atoms with Crippen LogP contribution < -0.4 is 0 Å². The van der Waals surface area contributed by atoms with Crippen LogP contribution >= 0.6 is 0 Å². The minimum Gasteiger partial charge on any atom is -0.0942 e. The molecule has 0 aliphatic heterocycles. The molecule has 5 rings (SSSR count). The SMILES string of the molecule is C=C1/C=C(/C=C/C(/C=C\C)=C/C)\C=C/Cc2ccc(C)cc2C12c1ccccc1-c1ccccc12. The molecule has 0 nitrogen and oxygen atoms in total. The first-order valence-electron chi connectivity index (χ1n) is 12.4. The second kappa shape index (κ2) is 9.39. The molecule has 0 amide bonds. The van der Waals surface area contributed by atoms with E-state index in [-0.39, 0.29) is 0 Å². The fourth-order valence-corrected chi connectivity index (χ4v) is 5.68. The summed E-state index contributed by atoms with van der Waals surface area (Å²) in [6.07, 6.45) is 18.4. The van der Waals surface area contributed by atoms with Crippen molar-refractivity contribution in [2.45, 2.75) is 32.6 Å². The zero-order valence-corrected chi connectivity index (χ0v) is 20.9. The van der Waals surface area contributed by atoms with Crippen molar-refractivity contribution in [3.05, 3.63) is 166 Å². The zero-order valence-electron chi connectivity index (χ0n) is 20.9. The summed E-state index contributed by atoms with van der Waals surface area (Å²) in [6.45, 7) is 11.1. The maximum absolute atomic E-state index is 4.78. The van der Waals surface area contributed by atoms with Crippen molar-refractivity contribution < 1.29 is 0 Å². The predicted octanol–water partition coefficient (Wildman–Crippen LogP) is 8.98. The van der Waals surface area contributed by atoms with Gasteiger partial charge in [0.15, 0.2) is 0 Å². The molecule has 0 saturated carbocycles. The third-order valence-electron chi connectivity index (χ3n) is 7.25. The molecular formula is C35H32. The Morgan fingerprint density at radius 3 is 2.20 bits per heavy atom. The molecule has 0 atom stereocenters. The van der Waals surface area contributed by atoms with E-state index in [1.54, 1.807) is 0 Å². The first-order valence-corrected chi connectivity index (χ1v) is 12.4. The predicted molar refractivity (Wildman–Crippen MR) is 151 cm³/mol. The molecule has 0 bridgehead atoms. The summed E-state index contributed by atoms with van der Waals surface area (Å²) in [5.41, 5.74) is 12.2. The Balaban J connectivity index is 1.81. The van der Waals surface area contributed by atoms with Crippen LogP contribution in [0.15, 0.2) is 139 Å². The maximum Gasteiger partial charge on any atom is 0.0710 e. The topological polar surface area (TPSA) is 0 Å². The lowest BCUT2D eigenvalue weighted by Crippen LogP contribution is -2.30. The van der Waals surface area contributed by atoms with Crippen molar-refractivity contribution in [1.82, 2.24) is 0 Å². The number of allylic oxidation sites excluding steroid dienone is 11. The average molecular weight is 453 g/mol. The molecule has 2 aliphatic carbocycles. The third kappa shape index (κ3) is 3.80. The van der Waals surface area contributed by atoms with E-state index in [0.717, 1.165) is 17.6 Å². The van der Waals surface area contributed by atoms with E-state index in [1.807, 2.05) is 0 Å². The molecule has 0 unspecified atom stereocenters. The van der Waals surface area contributed by atoms with Crippen molar-refractivity contribution in [3.8, 4) is 11.1 Å². The molecule has 1 spiro atoms. The van der Waals surface area contributed by atoms with E-state index < -0.39 is 5.41 Å². The molecule has 0 fully saturated rings. The summed E-state index contributed by atoms with van der Waals surface area (Å²) in [6, 6.07) is 24.7. The minimum absolute atomic E-state index is 0.424. The van der Waals surface area contributed by atoms with E-state index in [2.05, 4.69) is 136 Å². The van der Waals surface area contributed by atoms with Crippen molar-refractivity contribution in [2.24, 2.45) is 0 Å². The standard InChI is InChI=1S/C35H32/c1-5-12-27(6-2)20-21-28-13-11-14-29-22-19-25(3)23-34(29)35(26(4)24-28)32-17-9-7-15-30(32)31-16-8-10-18-33(31)35/h5-13,15-24H,4,14H2,1-3H3/b12-5-,13-11-,21-20+,27-6+,28-24+. The molecule has 172 valence electrons. The van der Waals surface area contributed by atoms with Gasteiger partial charge in [0.1, 0.15) is 0 Å². The largest absolute Gasteiger partial charge is 0.0942 e. The Labute approximate surface area is 210 Å². The highest BCUT2D eigenvalue weighted by Crippen LogP contribution is 2.57. The highest BCUT2D eigenvalue weighted by molar-refractivity contribution is 5.87. The fourth-order valence-electron chi connectivity index (χ4n) is 5.68. The van der Waals surface area contributed by atoms with E-state index in [4.69, 9.17) is 6.58 Å². The summed E-state index contributed by atoms with van der Waals surface area (Å²) < 4.78 is 0. The number of hydrogen-bond acceptors (Lipinski definition) is 0. The first kappa shape index (κ1) is 22.9. The van der Waals surface area contributed by atoms with Gasteiger partial charge in [-0.1, -0.05) is 127 Å². The van der Waals surface area contributed by atoms with Crippen LogP contribution in [-0.4, -0.2) is 0 Å². The molecule has 0 aromatic heterocycles. The van der Waals surface area contributed by atoms with Gasteiger partial charge in [-0.3, -0.25) is 0 Å². The molecule has 0 heterocycles. The lowest BCUT2D eigenvalue weighted by Gasteiger charge is -2.36. The van der Waals surface area contributed by atoms with Crippen LogP contribution in [0.25, 0.3) is 11.1 Å². The minimum atomic E-state index is -0.424. The van der Waals surface area contributed by atoms with Crippen LogP contribution in [0, 0.1) is 6.92 Å². The van der Waals surface area contributed by atoms with Crippen molar-refractivity contribution in [2.75, 3.05) is 0 Å². The Morgan fingerprint density at radius 1 is 0.857 bits per heavy atom. The summed E-state index contributed by atoms with van der Waals surface area (Å²) in [7, 11) is 0. The molecular weight excluding hydrogens is 420 g/mol. The Kier molecular flexibility index (Phi) is 6.14. The van der Waals surface area contributed by atoms with E-state index >= 15 is 0 Å². The maximum atomic E-state index is 4.78. The summed E-state index contributed by atoms with van der Waals surface area (Å²) in [5, 5.41) is 0. The third-order valence-corrected chi connectivity index (χ3v) is 7.25. The number of rotatable bonds is 3. The molecule has 0 heteroatoms. The quantitative estimate of drug-likeness (QED) is 0.348. The number of benzene rings is 3. The normalized spacial score (nSPS) is 19.0. The average Bonchev–Trinajstić information content (AvgIpc) is 3.20. The fraction of sp³-hybridized carbons (Fsp3) is 0.143. The molecule has 35 heavy (non-hydrogen) atoms. The van der Waals surface area contributed by atoms with Gasteiger partial charge >= 0.3 is 0 Å². The second-order valence-electron chi connectivity index (χ2n) is 9.40. The lowest BCUT2D eigenvalue weighted by molar-refractivity contribution is 0.758. The number of fused-ring (bicyclic) bond motifs is 7. The first-order chi connectivity index (χ1) is 17.1. The number of hydrogen-bond donors (Lipinski definition) is 0. The van der Waals surface area contributed by atoms with Gasteiger partial charge in [-0.05, 0) is 77.3 Å².